The number of nitrogens with one attached hydrogen (secondary N) is 2. The monoisotopic (exact) mass is 447 g/mol. The van der Waals surface area contributed by atoms with Gasteiger partial charge < -0.3 is 30.1 Å². The van der Waals surface area contributed by atoms with Crippen molar-refractivity contribution in [3.63, 3.8) is 0 Å². The largest absolute Gasteiger partial charge is 0.375 e. The minimum Gasteiger partial charge on any atom is -0.375 e. The molecule has 0 atom stereocenters. The van der Waals surface area contributed by atoms with Crippen LogP contribution in [0.1, 0.15) is 44.5 Å². The van der Waals surface area contributed by atoms with Crippen molar-refractivity contribution in [1.29, 1.82) is 0 Å². The van der Waals surface area contributed by atoms with Crippen LogP contribution >= 0.6 is 0 Å². The van der Waals surface area contributed by atoms with Crippen molar-refractivity contribution < 1.29 is 19.1 Å². The van der Waals surface area contributed by atoms with Gasteiger partial charge in [0.1, 0.15) is 6.61 Å². The van der Waals surface area contributed by atoms with Gasteiger partial charge >= 0.3 is 6.03 Å². The van der Waals surface area contributed by atoms with E-state index in [-0.39, 0.29) is 30.5 Å². The Bertz CT molecular complexity index is 795. The van der Waals surface area contributed by atoms with Gasteiger partial charge in [-0.1, -0.05) is 0 Å². The number of rotatable bonds is 8. The van der Waals surface area contributed by atoms with E-state index >= 15 is 0 Å². The highest BCUT2D eigenvalue weighted by molar-refractivity contribution is 6.02. The first-order chi connectivity index (χ1) is 15.3. The molecule has 0 aliphatic carbocycles. The van der Waals surface area contributed by atoms with Crippen molar-refractivity contribution in [2.24, 2.45) is 0 Å². The number of carbonyl (C=O) groups excluding carboxylic acids is 3. The fraction of sp³-hybridized carbons (Fsp3) is 0.609. The third-order valence-electron chi connectivity index (χ3n) is 5.37. The van der Waals surface area contributed by atoms with Gasteiger partial charge in [0.05, 0.1) is 5.56 Å². The lowest BCUT2D eigenvalue weighted by Crippen LogP contribution is -2.44. The number of hydrogen-bond donors (Lipinski definition) is 2. The molecule has 1 aromatic rings. The molecule has 0 unspecified atom stereocenters. The van der Waals surface area contributed by atoms with E-state index < -0.39 is 0 Å². The number of ether oxygens (including phenoxy) is 1. The topological polar surface area (TPSA) is 94.2 Å². The molecule has 0 aromatic heterocycles. The normalized spacial score (nSPS) is 14.2. The van der Waals surface area contributed by atoms with E-state index in [1.807, 2.05) is 38.7 Å². The van der Waals surface area contributed by atoms with E-state index in [9.17, 15) is 14.4 Å². The van der Waals surface area contributed by atoms with Gasteiger partial charge in [-0.3, -0.25) is 9.59 Å². The SMILES string of the molecule is CCN(CC)C(=O)c1cc(NC(=O)COC)ccc1N1CCCN(C(=O)NC(C)C)CC1. The van der Waals surface area contributed by atoms with Crippen LogP contribution in [0.4, 0.5) is 16.2 Å². The minimum atomic E-state index is -0.275. The van der Waals surface area contributed by atoms with Crippen molar-refractivity contribution in [2.75, 3.05) is 63.2 Å². The molecule has 32 heavy (non-hydrogen) atoms. The molecule has 0 saturated carbocycles. The van der Waals surface area contributed by atoms with Gasteiger partial charge in [0.15, 0.2) is 0 Å². The molecule has 1 aliphatic rings. The molecule has 0 bridgehead atoms. The molecule has 2 rings (SSSR count). The molecule has 178 valence electrons. The number of hydrogen-bond acceptors (Lipinski definition) is 5. The van der Waals surface area contributed by atoms with E-state index in [4.69, 9.17) is 4.74 Å². The molecular weight excluding hydrogens is 410 g/mol. The summed E-state index contributed by atoms with van der Waals surface area (Å²) >= 11 is 0. The number of amides is 4. The predicted molar refractivity (Wildman–Crippen MR) is 126 cm³/mol. The van der Waals surface area contributed by atoms with Crippen LogP contribution in [0.15, 0.2) is 18.2 Å². The molecule has 1 fully saturated rings. The van der Waals surface area contributed by atoms with E-state index in [0.29, 0.717) is 44.0 Å². The Labute approximate surface area is 191 Å². The third kappa shape index (κ3) is 6.85. The Morgan fingerprint density at radius 3 is 2.44 bits per heavy atom. The second kappa shape index (κ2) is 12.3. The average Bonchev–Trinajstić information content (AvgIpc) is 3.00. The highest BCUT2D eigenvalue weighted by Crippen LogP contribution is 2.27. The Balaban J connectivity index is 2.29. The van der Waals surface area contributed by atoms with Gasteiger partial charge in [-0.15, -0.1) is 0 Å². The number of urea groups is 1. The maximum absolute atomic E-state index is 13.3. The molecule has 9 heteroatoms. The zero-order chi connectivity index (χ0) is 23.7. The maximum atomic E-state index is 13.3. The molecule has 1 aliphatic heterocycles. The van der Waals surface area contributed by atoms with Crippen molar-refractivity contribution in [3.05, 3.63) is 23.8 Å². The van der Waals surface area contributed by atoms with Gasteiger partial charge in [0, 0.05) is 63.8 Å². The van der Waals surface area contributed by atoms with E-state index in [1.165, 1.54) is 7.11 Å². The maximum Gasteiger partial charge on any atom is 0.317 e. The smallest absolute Gasteiger partial charge is 0.317 e. The number of carbonyl (C=O) groups is 3. The lowest BCUT2D eigenvalue weighted by Gasteiger charge is -2.28. The lowest BCUT2D eigenvalue weighted by molar-refractivity contribution is -0.119. The van der Waals surface area contributed by atoms with Crippen LogP contribution in [0, 0.1) is 0 Å². The summed E-state index contributed by atoms with van der Waals surface area (Å²) in [5.74, 6) is -0.352. The van der Waals surface area contributed by atoms with Crippen LogP contribution in [0.3, 0.4) is 0 Å². The van der Waals surface area contributed by atoms with Gasteiger partial charge in [0.2, 0.25) is 5.91 Å². The summed E-state index contributed by atoms with van der Waals surface area (Å²) in [6.07, 6.45) is 0.802. The quantitative estimate of drug-likeness (QED) is 0.638. The first-order valence-electron chi connectivity index (χ1n) is 11.3. The number of nitrogens with zero attached hydrogens (tertiary/aromatic N) is 3. The number of benzene rings is 1. The Kier molecular flexibility index (Phi) is 9.77. The van der Waals surface area contributed by atoms with Crippen LogP contribution in [0.25, 0.3) is 0 Å². The predicted octanol–water partition coefficient (Wildman–Crippen LogP) is 2.38. The molecule has 1 aromatic carbocycles. The molecule has 1 heterocycles. The summed E-state index contributed by atoms with van der Waals surface area (Å²) in [5.41, 5.74) is 1.92. The second-order valence-corrected chi connectivity index (χ2v) is 8.12. The summed E-state index contributed by atoms with van der Waals surface area (Å²) in [6, 6.07) is 5.44. The highest BCUT2D eigenvalue weighted by Gasteiger charge is 2.24. The summed E-state index contributed by atoms with van der Waals surface area (Å²) < 4.78 is 4.88. The van der Waals surface area contributed by atoms with Crippen molar-refractivity contribution >= 4 is 29.2 Å². The van der Waals surface area contributed by atoms with Crippen molar-refractivity contribution in [3.8, 4) is 0 Å². The molecule has 9 nitrogen and oxygen atoms in total. The van der Waals surface area contributed by atoms with Gasteiger partial charge in [-0.2, -0.15) is 0 Å². The van der Waals surface area contributed by atoms with Crippen LogP contribution in [-0.4, -0.2) is 86.7 Å². The summed E-state index contributed by atoms with van der Waals surface area (Å²) in [6.45, 7) is 11.5. The minimum absolute atomic E-state index is 0.0541. The van der Waals surface area contributed by atoms with Crippen molar-refractivity contribution in [1.82, 2.24) is 15.1 Å². The average molecular weight is 448 g/mol. The highest BCUT2D eigenvalue weighted by atomic mass is 16.5. The lowest BCUT2D eigenvalue weighted by atomic mass is 10.1. The summed E-state index contributed by atoms with van der Waals surface area (Å²) in [7, 11) is 1.46. The first-order valence-corrected chi connectivity index (χ1v) is 11.3. The molecular formula is C23H37N5O4. The zero-order valence-corrected chi connectivity index (χ0v) is 19.9. The van der Waals surface area contributed by atoms with E-state index in [2.05, 4.69) is 15.5 Å². The van der Waals surface area contributed by atoms with E-state index in [0.717, 1.165) is 18.7 Å². The summed E-state index contributed by atoms with van der Waals surface area (Å²) in [4.78, 5) is 43.4. The Hall–Kier alpha value is -2.81. The van der Waals surface area contributed by atoms with Crippen LogP contribution in [0.5, 0.6) is 0 Å². The fourth-order valence-corrected chi connectivity index (χ4v) is 3.77. The van der Waals surface area contributed by atoms with Gasteiger partial charge in [-0.25, -0.2) is 4.79 Å². The number of methoxy groups -OCH3 is 1. The van der Waals surface area contributed by atoms with Crippen LogP contribution in [-0.2, 0) is 9.53 Å². The van der Waals surface area contributed by atoms with Gasteiger partial charge in [-0.05, 0) is 52.3 Å². The Morgan fingerprint density at radius 1 is 1.09 bits per heavy atom. The fourth-order valence-electron chi connectivity index (χ4n) is 3.77. The number of anilines is 2. The first kappa shape index (κ1) is 25.5. The molecule has 2 N–H and O–H groups in total. The van der Waals surface area contributed by atoms with Crippen LogP contribution in [0.2, 0.25) is 0 Å². The molecule has 1 saturated heterocycles. The van der Waals surface area contributed by atoms with E-state index in [1.54, 1.807) is 17.0 Å². The molecule has 4 amide bonds. The standard InChI is InChI=1S/C23H37N5O4/c1-6-26(7-2)22(30)19-15-18(25-21(29)16-32-5)9-10-20(19)27-11-8-12-28(14-13-27)23(31)24-17(3)4/h9-10,15,17H,6-8,11-14,16H2,1-5H3,(H,24,31)(H,25,29). The molecule has 0 spiro atoms. The van der Waals surface area contributed by atoms with Gasteiger partial charge in [0.25, 0.3) is 5.91 Å². The molecule has 0 radical (unpaired) electrons. The Morgan fingerprint density at radius 2 is 1.81 bits per heavy atom. The van der Waals surface area contributed by atoms with Crippen LogP contribution < -0.4 is 15.5 Å². The summed E-state index contributed by atoms with van der Waals surface area (Å²) in [5, 5.41) is 5.73. The second-order valence-electron chi connectivity index (χ2n) is 8.12. The third-order valence-corrected chi connectivity index (χ3v) is 5.37. The zero-order valence-electron chi connectivity index (χ0n) is 19.9. The van der Waals surface area contributed by atoms with Crippen molar-refractivity contribution in [2.45, 2.75) is 40.2 Å².